The molecule has 0 aliphatic heterocycles. The van der Waals surface area contributed by atoms with Crippen LogP contribution in [0, 0.1) is 0 Å². The van der Waals surface area contributed by atoms with Gasteiger partial charge in [-0.3, -0.25) is 0 Å². The van der Waals surface area contributed by atoms with Crippen LogP contribution >= 0.6 is 0 Å². The molecule has 0 N–H and O–H groups in total. The van der Waals surface area contributed by atoms with Crippen LogP contribution in [-0.2, 0) is 51.9 Å². The molecule has 54 heavy (non-hydrogen) atoms. The van der Waals surface area contributed by atoms with Crippen LogP contribution in [-0.4, -0.2) is 27.6 Å². The third kappa shape index (κ3) is 13.5. The summed E-state index contributed by atoms with van der Waals surface area (Å²) in [7, 11) is -1.72. The van der Waals surface area contributed by atoms with Crippen molar-refractivity contribution in [2.45, 2.75) is 154 Å². The van der Waals surface area contributed by atoms with Crippen LogP contribution in [0.1, 0.15) is 135 Å². The van der Waals surface area contributed by atoms with Crippen LogP contribution in [0.5, 0.6) is 11.5 Å². The van der Waals surface area contributed by atoms with Gasteiger partial charge in [-0.15, -0.1) is 11.1 Å². The number of rotatable bonds is 8. The van der Waals surface area contributed by atoms with Crippen molar-refractivity contribution in [2.24, 2.45) is 0 Å². The second-order valence-corrected chi connectivity index (χ2v) is 22.5. The number of benzene rings is 2. The first kappa shape index (κ1) is 47.2. The summed E-state index contributed by atoms with van der Waals surface area (Å²) in [5.41, 5.74) is 9.61. The van der Waals surface area contributed by atoms with Crippen molar-refractivity contribution in [1.82, 2.24) is 0 Å². The molecule has 0 unspecified atom stereocenters. The Balaban J connectivity index is 0.000000216. The molecular weight excluding hydrogens is 831 g/mol. The average Bonchev–Trinajstić information content (AvgIpc) is 3.71. The van der Waals surface area contributed by atoms with Crippen LogP contribution < -0.4 is 44.0 Å². The molecule has 2 fully saturated rings. The van der Waals surface area contributed by atoms with Crippen molar-refractivity contribution in [3.8, 4) is 11.5 Å². The zero-order valence-corrected chi connectivity index (χ0v) is 41.0. The van der Waals surface area contributed by atoms with Crippen LogP contribution in [0.4, 0.5) is 0 Å². The Kier molecular flexibility index (Phi) is 21.5. The van der Waals surface area contributed by atoms with Crippen molar-refractivity contribution in [2.75, 3.05) is 0 Å². The summed E-state index contributed by atoms with van der Waals surface area (Å²) in [5, 5.41) is 2.90. The molecular formula is C46H65Cl2O2Si3Zr. The van der Waals surface area contributed by atoms with Gasteiger partial charge in [0.05, 0.1) is 0 Å². The molecule has 8 rings (SSSR count). The van der Waals surface area contributed by atoms with Crippen molar-refractivity contribution >= 4 is 38.0 Å². The van der Waals surface area contributed by atoms with Gasteiger partial charge in [0.25, 0.3) is 0 Å². The summed E-state index contributed by atoms with van der Waals surface area (Å²) < 4.78 is 12.8. The number of fused-ring (bicyclic) bond motifs is 2. The fraction of sp³-hybridized carbons (Fsp3) is 0.522. The zero-order chi connectivity index (χ0) is 35.4. The Labute approximate surface area is 366 Å². The van der Waals surface area contributed by atoms with Crippen molar-refractivity contribution in [3.63, 3.8) is 0 Å². The molecule has 291 valence electrons. The maximum absolute atomic E-state index is 6.38. The van der Waals surface area contributed by atoms with E-state index in [9.17, 15) is 0 Å². The summed E-state index contributed by atoms with van der Waals surface area (Å²) in [6, 6.07) is 26.4. The van der Waals surface area contributed by atoms with E-state index in [-0.39, 0.29) is 60.5 Å². The van der Waals surface area contributed by atoms with E-state index in [1.54, 1.807) is 33.4 Å². The molecule has 1 radical (unpaired) electrons. The fourth-order valence-corrected chi connectivity index (χ4v) is 11.7. The molecule has 2 nitrogen and oxygen atoms in total. The molecule has 4 aromatic carbocycles. The first-order valence-corrected chi connectivity index (χ1v) is 27.6. The van der Waals surface area contributed by atoms with Gasteiger partial charge in [0.1, 0.15) is 9.52 Å². The molecule has 4 aliphatic carbocycles. The van der Waals surface area contributed by atoms with E-state index in [1.165, 1.54) is 137 Å². The van der Waals surface area contributed by atoms with Crippen molar-refractivity contribution in [1.29, 1.82) is 0 Å². The molecule has 2 saturated carbocycles. The molecule has 8 heteroatoms. The average molecular weight is 896 g/mol. The van der Waals surface area contributed by atoms with E-state index in [4.69, 9.17) is 8.85 Å². The second kappa shape index (κ2) is 24.6. The molecule has 0 spiro atoms. The standard InChI is InChI=1S/2C17H27OSi.C12H11Si.2ClH.Zr/c2*1-19(2)18-17-15-11-7-6-10-14(15)12-16(17)13-8-4-3-5-9-13;1-3-7-11(8-4-1)13-12-9-5-2-6-10-12;;;/h2*12-13,19H,3-11H2,1-2H3;1-10,13H;2*1H;/q2*-1;;;;+4/p-2. The van der Waals surface area contributed by atoms with E-state index in [0.29, 0.717) is 0 Å². The Morgan fingerprint density at radius 1 is 0.500 bits per heavy atom. The smallest absolute Gasteiger partial charge is 1.00 e. The van der Waals surface area contributed by atoms with E-state index >= 15 is 0 Å². The Morgan fingerprint density at radius 2 is 0.852 bits per heavy atom. The van der Waals surface area contributed by atoms with Gasteiger partial charge in [-0.2, -0.15) is 34.4 Å². The topological polar surface area (TPSA) is 18.5 Å². The third-order valence-corrected chi connectivity index (χ3v) is 14.3. The van der Waals surface area contributed by atoms with Gasteiger partial charge in [0.15, 0.2) is 0 Å². The first-order valence-electron chi connectivity index (χ1n) is 20.9. The van der Waals surface area contributed by atoms with E-state index < -0.39 is 18.1 Å². The van der Waals surface area contributed by atoms with Gasteiger partial charge < -0.3 is 33.7 Å². The second-order valence-electron chi connectivity index (χ2n) is 16.2. The summed E-state index contributed by atoms with van der Waals surface area (Å²) in [6.45, 7) is 9.19. The first-order chi connectivity index (χ1) is 25.0. The van der Waals surface area contributed by atoms with Gasteiger partial charge in [-0.25, -0.2) is 0 Å². The number of halogens is 2. The Bertz CT molecular complexity index is 1490. The van der Waals surface area contributed by atoms with Gasteiger partial charge in [-0.1, -0.05) is 161 Å². The largest absolute Gasteiger partial charge is 4.00 e. The predicted molar refractivity (Wildman–Crippen MR) is 227 cm³/mol. The van der Waals surface area contributed by atoms with E-state index in [2.05, 4.69) is 99.0 Å². The number of hydrogen-bond acceptors (Lipinski definition) is 2. The maximum atomic E-state index is 6.38. The van der Waals surface area contributed by atoms with Gasteiger partial charge in [0, 0.05) is 0 Å². The molecule has 0 aromatic heterocycles. The SMILES string of the molecule is C[SiH](C)Oc1c(C2CCCCC2)[cH-]c2c1CCCC2.C[SiH](C)Oc1c(C2CCCCC2)[cH-]c2c1CCCC2.[Cl-].[Cl-].[Zr+4].c1ccc([SiH]c2ccccc2)cc1. The maximum Gasteiger partial charge on any atom is 4.00 e. The van der Waals surface area contributed by atoms with Crippen molar-refractivity contribution < 1.29 is 59.9 Å². The van der Waals surface area contributed by atoms with E-state index in [0.717, 1.165) is 11.8 Å². The normalized spacial score (nSPS) is 16.9. The van der Waals surface area contributed by atoms with Crippen LogP contribution in [0.25, 0.3) is 0 Å². The molecule has 0 atom stereocenters. The third-order valence-electron chi connectivity index (χ3n) is 11.5. The number of hydrogen-bond donors (Lipinski definition) is 0. The molecule has 0 bridgehead atoms. The van der Waals surface area contributed by atoms with Crippen LogP contribution in [0.15, 0.2) is 72.8 Å². The zero-order valence-electron chi connectivity index (χ0n) is 33.6. The quantitative estimate of drug-likeness (QED) is 0.192. The van der Waals surface area contributed by atoms with Gasteiger partial charge >= 0.3 is 26.2 Å². The van der Waals surface area contributed by atoms with Crippen LogP contribution in [0.2, 0.25) is 26.2 Å². The minimum Gasteiger partial charge on any atom is -1.00 e. The predicted octanol–water partition coefficient (Wildman–Crippen LogP) is 4.47. The Hall–Kier alpha value is -1.15. The Morgan fingerprint density at radius 3 is 1.20 bits per heavy atom. The molecule has 4 aliphatic rings. The summed E-state index contributed by atoms with van der Waals surface area (Å²) in [5.74, 6) is 4.29. The van der Waals surface area contributed by atoms with Crippen LogP contribution in [0.3, 0.4) is 0 Å². The summed E-state index contributed by atoms with van der Waals surface area (Å²) >= 11 is 0. The monoisotopic (exact) mass is 893 g/mol. The fourth-order valence-electron chi connectivity index (χ4n) is 9.02. The van der Waals surface area contributed by atoms with Gasteiger partial charge in [-0.05, 0) is 75.2 Å². The molecule has 0 heterocycles. The molecule has 0 saturated heterocycles. The number of aryl methyl sites for hydroxylation is 2. The minimum absolute atomic E-state index is 0. The summed E-state index contributed by atoms with van der Waals surface area (Å²) in [6.07, 6.45) is 24.7. The van der Waals surface area contributed by atoms with Gasteiger partial charge in [0.2, 0.25) is 18.1 Å². The summed E-state index contributed by atoms with van der Waals surface area (Å²) in [4.78, 5) is 0. The van der Waals surface area contributed by atoms with E-state index in [1.807, 2.05) is 0 Å². The van der Waals surface area contributed by atoms with Crippen molar-refractivity contribution in [3.05, 3.63) is 106 Å². The molecule has 4 aromatic rings. The molecule has 0 amide bonds. The minimum atomic E-state index is -0.995.